The van der Waals surface area contributed by atoms with E-state index in [4.69, 9.17) is 8.61 Å². The molecule has 0 aromatic carbocycles. The Morgan fingerprint density at radius 1 is 1.17 bits per heavy atom. The van der Waals surface area contributed by atoms with Gasteiger partial charge in [0.15, 0.2) is 8.32 Å². The normalized spacial score (nSPS) is 17.3. The van der Waals surface area contributed by atoms with Crippen molar-refractivity contribution in [1.82, 2.24) is 0 Å². The van der Waals surface area contributed by atoms with Crippen LogP contribution in [0.1, 0.15) is 47.0 Å². The van der Waals surface area contributed by atoms with Crippen LogP contribution in [0.5, 0.6) is 0 Å². The van der Waals surface area contributed by atoms with Crippen molar-refractivity contribution in [3.05, 3.63) is 0 Å². The van der Waals surface area contributed by atoms with E-state index in [0.29, 0.717) is 19.3 Å². The Morgan fingerprint density at radius 3 is 2.04 bits per heavy atom. The van der Waals surface area contributed by atoms with Crippen molar-refractivity contribution < 1.29 is 26.9 Å². The summed E-state index contributed by atoms with van der Waals surface area (Å²) in [5.41, 5.74) is 0. The minimum atomic E-state index is -3.60. The average molecular weight is 383 g/mol. The molecule has 0 aromatic heterocycles. The molecule has 0 aliphatic heterocycles. The molecular weight excluding hydrogens is 348 g/mol. The third-order valence-electron chi connectivity index (χ3n) is 4.46. The molecule has 0 radical (unpaired) electrons. The van der Waals surface area contributed by atoms with Crippen molar-refractivity contribution in [2.45, 2.75) is 77.3 Å². The first kappa shape index (κ1) is 23.7. The zero-order valence-corrected chi connectivity index (χ0v) is 17.9. The highest BCUT2D eigenvalue weighted by molar-refractivity contribution is 7.86. The summed E-state index contributed by atoms with van der Waals surface area (Å²) in [7, 11) is -5.62. The fourth-order valence-electron chi connectivity index (χ4n) is 2.08. The number of carbonyl (C=O) groups excluding carboxylic acids is 1. The standard InChI is InChI=1S/C16H34O6SSi/c1-13(11-17)10-14(21-23(5,19)20)8-9-15(12-18)22-24(6,7)16(2,3)4/h11,13-15,18H,8-10,12H2,1-7H3/t13?,14-,15?/m1/s1. The summed E-state index contributed by atoms with van der Waals surface area (Å²) in [4.78, 5) is 10.8. The molecule has 1 N–H and O–H groups in total. The molecule has 0 fully saturated rings. The van der Waals surface area contributed by atoms with Gasteiger partial charge in [0.1, 0.15) is 6.29 Å². The highest BCUT2D eigenvalue weighted by Crippen LogP contribution is 2.37. The van der Waals surface area contributed by atoms with E-state index in [9.17, 15) is 18.3 Å². The maximum atomic E-state index is 11.4. The Kier molecular flexibility index (Phi) is 9.31. The minimum Gasteiger partial charge on any atom is -0.412 e. The van der Waals surface area contributed by atoms with Gasteiger partial charge in [0.25, 0.3) is 10.1 Å². The molecule has 3 atom stereocenters. The summed E-state index contributed by atoms with van der Waals surface area (Å²) in [5.74, 6) is -0.286. The smallest absolute Gasteiger partial charge is 0.264 e. The molecule has 8 heteroatoms. The van der Waals surface area contributed by atoms with Crippen LogP contribution in [0.25, 0.3) is 0 Å². The number of aldehydes is 1. The van der Waals surface area contributed by atoms with Crippen LogP contribution in [0.2, 0.25) is 18.1 Å². The van der Waals surface area contributed by atoms with Crippen molar-refractivity contribution in [2.24, 2.45) is 5.92 Å². The molecule has 6 nitrogen and oxygen atoms in total. The molecule has 0 rings (SSSR count). The second-order valence-corrected chi connectivity index (χ2v) is 14.4. The second kappa shape index (κ2) is 9.42. The lowest BCUT2D eigenvalue weighted by atomic mass is 10.0. The van der Waals surface area contributed by atoms with Gasteiger partial charge in [0.2, 0.25) is 0 Å². The van der Waals surface area contributed by atoms with Crippen LogP contribution in [0.15, 0.2) is 0 Å². The third-order valence-corrected chi connectivity index (χ3v) is 9.62. The highest BCUT2D eigenvalue weighted by atomic mass is 32.2. The van der Waals surface area contributed by atoms with Crippen molar-refractivity contribution in [3.8, 4) is 0 Å². The number of aliphatic hydroxyl groups is 1. The Labute approximate surface area is 148 Å². The van der Waals surface area contributed by atoms with Crippen molar-refractivity contribution in [3.63, 3.8) is 0 Å². The number of rotatable bonds is 11. The monoisotopic (exact) mass is 382 g/mol. The van der Waals surface area contributed by atoms with E-state index in [-0.39, 0.29) is 23.7 Å². The van der Waals surface area contributed by atoms with Crippen LogP contribution in [-0.4, -0.2) is 53.2 Å². The van der Waals surface area contributed by atoms with Crippen molar-refractivity contribution in [1.29, 1.82) is 0 Å². The predicted octanol–water partition coefficient (Wildman–Crippen LogP) is 2.72. The first-order valence-corrected chi connectivity index (χ1v) is 13.1. The molecule has 0 aliphatic carbocycles. The summed E-state index contributed by atoms with van der Waals surface area (Å²) in [6.45, 7) is 12.2. The number of hydrogen-bond donors (Lipinski definition) is 1. The number of carbonyl (C=O) groups is 1. The third kappa shape index (κ3) is 9.27. The van der Waals surface area contributed by atoms with Gasteiger partial charge in [-0.2, -0.15) is 8.42 Å². The van der Waals surface area contributed by atoms with Gasteiger partial charge in [-0.3, -0.25) is 4.18 Å². The van der Waals surface area contributed by atoms with Crippen LogP contribution in [0.4, 0.5) is 0 Å². The molecule has 144 valence electrons. The molecular formula is C16H34O6SSi. The van der Waals surface area contributed by atoms with Crippen LogP contribution in [0, 0.1) is 5.92 Å². The minimum absolute atomic E-state index is 0.0229. The van der Waals surface area contributed by atoms with Gasteiger partial charge in [-0.15, -0.1) is 0 Å². The van der Waals surface area contributed by atoms with Crippen LogP contribution in [0.3, 0.4) is 0 Å². The maximum Gasteiger partial charge on any atom is 0.264 e. The zero-order chi connectivity index (χ0) is 19.2. The van der Waals surface area contributed by atoms with E-state index < -0.39 is 24.5 Å². The van der Waals surface area contributed by atoms with Gasteiger partial charge in [-0.1, -0.05) is 27.7 Å². The quantitative estimate of drug-likeness (QED) is 0.336. The maximum absolute atomic E-state index is 11.4. The molecule has 0 heterocycles. The molecule has 0 spiro atoms. The predicted molar refractivity (Wildman–Crippen MR) is 98.0 cm³/mol. The van der Waals surface area contributed by atoms with Crippen LogP contribution in [-0.2, 0) is 23.5 Å². The van der Waals surface area contributed by atoms with Crippen molar-refractivity contribution >= 4 is 24.7 Å². The molecule has 2 unspecified atom stereocenters. The highest BCUT2D eigenvalue weighted by Gasteiger charge is 2.39. The van der Waals surface area contributed by atoms with Gasteiger partial charge < -0.3 is 14.3 Å². The zero-order valence-electron chi connectivity index (χ0n) is 16.0. The number of aliphatic hydroxyl groups excluding tert-OH is 1. The second-order valence-electron chi connectivity index (χ2n) is 8.03. The largest absolute Gasteiger partial charge is 0.412 e. The van der Waals surface area contributed by atoms with Gasteiger partial charge in [-0.25, -0.2) is 0 Å². The molecule has 0 saturated carbocycles. The van der Waals surface area contributed by atoms with Gasteiger partial charge in [0.05, 0.1) is 25.1 Å². The van der Waals surface area contributed by atoms with Gasteiger partial charge >= 0.3 is 0 Å². The van der Waals surface area contributed by atoms with Crippen LogP contribution >= 0.6 is 0 Å². The first-order chi connectivity index (χ1) is 10.7. The van der Waals surface area contributed by atoms with Crippen molar-refractivity contribution in [2.75, 3.05) is 12.9 Å². The van der Waals surface area contributed by atoms with Gasteiger partial charge in [-0.05, 0) is 37.4 Å². The summed E-state index contributed by atoms with van der Waals surface area (Å²) >= 11 is 0. The molecule has 0 bridgehead atoms. The van der Waals surface area contributed by atoms with E-state index in [2.05, 4.69) is 33.9 Å². The summed E-state index contributed by atoms with van der Waals surface area (Å²) in [6, 6.07) is 0. The lowest BCUT2D eigenvalue weighted by Crippen LogP contribution is -2.45. The fourth-order valence-corrected chi connectivity index (χ4v) is 4.12. The Morgan fingerprint density at radius 2 is 1.67 bits per heavy atom. The molecule has 0 saturated heterocycles. The van der Waals surface area contributed by atoms with E-state index >= 15 is 0 Å². The summed E-state index contributed by atoms with van der Waals surface area (Å²) in [6.07, 6.45) is 2.06. The topological polar surface area (TPSA) is 89.9 Å². The Hall–Kier alpha value is -0.283. The molecule has 24 heavy (non-hydrogen) atoms. The SMILES string of the molecule is CC(C=O)C[C@@H](CCC(CO)O[Si](C)(C)C(C)(C)C)OS(C)(=O)=O. The lowest BCUT2D eigenvalue weighted by molar-refractivity contribution is -0.111. The molecule has 0 aliphatic rings. The first-order valence-electron chi connectivity index (χ1n) is 8.34. The molecule has 0 aromatic rings. The van der Waals surface area contributed by atoms with E-state index in [0.717, 1.165) is 12.5 Å². The Bertz CT molecular complexity index is 483. The van der Waals surface area contributed by atoms with E-state index in [1.807, 2.05) is 0 Å². The van der Waals surface area contributed by atoms with Gasteiger partial charge in [0, 0.05) is 5.92 Å². The van der Waals surface area contributed by atoms with E-state index in [1.165, 1.54) is 0 Å². The average Bonchev–Trinajstić information content (AvgIpc) is 2.39. The fraction of sp³-hybridized carbons (Fsp3) is 0.938. The number of hydrogen-bond acceptors (Lipinski definition) is 6. The molecule has 0 amide bonds. The van der Waals surface area contributed by atoms with Crippen LogP contribution < -0.4 is 0 Å². The summed E-state index contributed by atoms with van der Waals surface area (Å²) < 4.78 is 34.1. The Balaban J connectivity index is 4.87. The lowest BCUT2D eigenvalue weighted by Gasteiger charge is -2.39. The van der Waals surface area contributed by atoms with E-state index in [1.54, 1.807) is 6.92 Å². The summed E-state index contributed by atoms with van der Waals surface area (Å²) in [5, 5.41) is 9.63.